The lowest BCUT2D eigenvalue weighted by Crippen LogP contribution is -2.39. The Morgan fingerprint density at radius 1 is 1.41 bits per heavy atom. The lowest BCUT2D eigenvalue weighted by atomic mass is 10.2. The van der Waals surface area contributed by atoms with E-state index in [1.165, 1.54) is 11.2 Å². The van der Waals surface area contributed by atoms with Crippen LogP contribution < -0.4 is 0 Å². The highest BCUT2D eigenvalue weighted by Gasteiger charge is 2.24. The number of hydrogen-bond donors (Lipinski definition) is 1. The fourth-order valence-electron chi connectivity index (χ4n) is 1.26. The molecule has 0 heterocycles. The van der Waals surface area contributed by atoms with Gasteiger partial charge in [0.25, 0.3) is 0 Å². The molecule has 0 spiro atoms. The van der Waals surface area contributed by atoms with Crippen LogP contribution in [0.3, 0.4) is 0 Å². The van der Waals surface area contributed by atoms with E-state index in [9.17, 15) is 13.2 Å². The van der Waals surface area contributed by atoms with Crippen LogP contribution in [0, 0.1) is 5.92 Å². The van der Waals surface area contributed by atoms with E-state index in [0.717, 1.165) is 0 Å². The van der Waals surface area contributed by atoms with E-state index in [1.54, 1.807) is 13.8 Å². The third-order valence-corrected chi connectivity index (χ3v) is 4.21. The minimum absolute atomic E-state index is 0.000289. The lowest BCUT2D eigenvalue weighted by molar-refractivity contribution is -0.141. The fraction of sp³-hybridized carbons (Fsp3) is 0.900. The van der Waals surface area contributed by atoms with Crippen LogP contribution in [-0.2, 0) is 19.6 Å². The summed E-state index contributed by atoms with van der Waals surface area (Å²) in [6.07, 6.45) is 0. The Morgan fingerprint density at radius 3 is 2.41 bits per heavy atom. The van der Waals surface area contributed by atoms with Gasteiger partial charge in [-0.25, -0.2) is 12.7 Å². The maximum Gasteiger partial charge on any atom is 0.307 e. The minimum atomic E-state index is -3.43. The van der Waals surface area contributed by atoms with Crippen molar-refractivity contribution in [2.45, 2.75) is 20.8 Å². The molecule has 0 aliphatic heterocycles. The zero-order chi connectivity index (χ0) is 13.5. The molecular weight excluding hydrogens is 246 g/mol. The molecule has 0 saturated carbocycles. The van der Waals surface area contributed by atoms with E-state index in [2.05, 4.69) is 0 Å². The number of carboxylic acids is 1. The molecule has 0 aromatic rings. The van der Waals surface area contributed by atoms with Gasteiger partial charge in [0.1, 0.15) is 0 Å². The summed E-state index contributed by atoms with van der Waals surface area (Å²) >= 11 is 0. The molecule has 0 fully saturated rings. The molecule has 0 bridgehead atoms. The third-order valence-electron chi connectivity index (χ3n) is 2.33. The van der Waals surface area contributed by atoms with Crippen molar-refractivity contribution in [3.63, 3.8) is 0 Å². The highest BCUT2D eigenvalue weighted by Crippen LogP contribution is 2.07. The molecular formula is C10H21NO5S. The molecule has 1 N–H and O–H groups in total. The van der Waals surface area contributed by atoms with Gasteiger partial charge in [-0.05, 0) is 6.92 Å². The molecule has 0 aliphatic carbocycles. The average molecular weight is 267 g/mol. The molecule has 0 aliphatic rings. The summed E-state index contributed by atoms with van der Waals surface area (Å²) < 4.78 is 29.9. The molecule has 6 nitrogen and oxygen atoms in total. The van der Waals surface area contributed by atoms with Crippen molar-refractivity contribution in [3.05, 3.63) is 0 Å². The number of aliphatic carboxylic acids is 1. The van der Waals surface area contributed by atoms with E-state index < -0.39 is 21.9 Å². The van der Waals surface area contributed by atoms with Gasteiger partial charge in [0.05, 0.1) is 18.3 Å². The van der Waals surface area contributed by atoms with Crippen molar-refractivity contribution in [2.24, 2.45) is 5.92 Å². The molecule has 0 amide bonds. The molecule has 102 valence electrons. The maximum atomic E-state index is 11.8. The summed E-state index contributed by atoms with van der Waals surface area (Å²) in [5, 5.41) is 8.76. The van der Waals surface area contributed by atoms with E-state index in [-0.39, 0.29) is 25.4 Å². The number of rotatable bonds is 9. The van der Waals surface area contributed by atoms with Crippen molar-refractivity contribution in [2.75, 3.05) is 32.1 Å². The third kappa shape index (κ3) is 5.99. The topological polar surface area (TPSA) is 83.9 Å². The van der Waals surface area contributed by atoms with Crippen LogP contribution in [0.1, 0.15) is 20.8 Å². The average Bonchev–Trinajstić information content (AvgIpc) is 2.25. The molecule has 0 rings (SSSR count). The molecule has 0 aromatic heterocycles. The van der Waals surface area contributed by atoms with Gasteiger partial charge in [0.2, 0.25) is 10.0 Å². The number of nitrogens with zero attached hydrogens (tertiary/aromatic N) is 1. The number of ether oxygens (including phenoxy) is 1. The highest BCUT2D eigenvalue weighted by molar-refractivity contribution is 7.89. The van der Waals surface area contributed by atoms with E-state index in [4.69, 9.17) is 9.84 Å². The van der Waals surface area contributed by atoms with Crippen molar-refractivity contribution >= 4 is 16.0 Å². The zero-order valence-corrected chi connectivity index (χ0v) is 11.4. The molecule has 1 atom stereocenters. The second-order valence-electron chi connectivity index (χ2n) is 3.70. The van der Waals surface area contributed by atoms with Crippen molar-refractivity contribution in [1.82, 2.24) is 4.31 Å². The van der Waals surface area contributed by atoms with Crippen molar-refractivity contribution < 1.29 is 23.1 Å². The van der Waals surface area contributed by atoms with Gasteiger partial charge < -0.3 is 9.84 Å². The van der Waals surface area contributed by atoms with Crippen LogP contribution in [0.2, 0.25) is 0 Å². The Balaban J connectivity index is 4.47. The standard InChI is InChI=1S/C10H21NO5S/c1-4-11(8-9(3)10(12)13)17(14,15)7-6-16-5-2/h9H,4-8H2,1-3H3,(H,12,13). The number of carbonyl (C=O) groups is 1. The number of hydrogen-bond acceptors (Lipinski definition) is 4. The van der Waals surface area contributed by atoms with Gasteiger partial charge in [-0.2, -0.15) is 0 Å². The van der Waals surface area contributed by atoms with Gasteiger partial charge in [0, 0.05) is 19.7 Å². The summed E-state index contributed by atoms with van der Waals surface area (Å²) in [6, 6.07) is 0. The maximum absolute atomic E-state index is 11.8. The first-order valence-electron chi connectivity index (χ1n) is 5.63. The zero-order valence-electron chi connectivity index (χ0n) is 10.5. The lowest BCUT2D eigenvalue weighted by Gasteiger charge is -2.22. The first-order chi connectivity index (χ1) is 7.85. The Hall–Kier alpha value is -0.660. The van der Waals surface area contributed by atoms with Crippen LogP contribution in [0.25, 0.3) is 0 Å². The smallest absolute Gasteiger partial charge is 0.307 e. The molecule has 0 aromatic carbocycles. The van der Waals surface area contributed by atoms with E-state index in [0.29, 0.717) is 6.61 Å². The molecule has 0 saturated heterocycles. The fourth-order valence-corrected chi connectivity index (χ4v) is 2.69. The number of carboxylic acid groups (broad SMARTS) is 1. The van der Waals surface area contributed by atoms with Crippen LogP contribution in [0.4, 0.5) is 0 Å². The van der Waals surface area contributed by atoms with Crippen LogP contribution in [0.15, 0.2) is 0 Å². The SMILES string of the molecule is CCOCCS(=O)(=O)N(CC)CC(C)C(=O)O. The largest absolute Gasteiger partial charge is 0.481 e. The molecule has 7 heteroatoms. The summed E-state index contributed by atoms with van der Waals surface area (Å²) in [7, 11) is -3.43. The Bertz CT molecular complexity index is 328. The van der Waals surface area contributed by atoms with Crippen molar-refractivity contribution in [1.29, 1.82) is 0 Å². The molecule has 17 heavy (non-hydrogen) atoms. The predicted octanol–water partition coefficient (Wildman–Crippen LogP) is 0.395. The van der Waals surface area contributed by atoms with E-state index in [1.807, 2.05) is 0 Å². The quantitative estimate of drug-likeness (QED) is 0.611. The molecule has 0 radical (unpaired) electrons. The predicted molar refractivity (Wildman–Crippen MR) is 64.3 cm³/mol. The van der Waals surface area contributed by atoms with Gasteiger partial charge in [-0.15, -0.1) is 0 Å². The Labute approximate surface area is 103 Å². The summed E-state index contributed by atoms with van der Waals surface area (Å²) in [5.74, 6) is -1.82. The summed E-state index contributed by atoms with van der Waals surface area (Å²) in [6.45, 7) is 5.84. The van der Waals surface area contributed by atoms with Gasteiger partial charge in [0.15, 0.2) is 0 Å². The van der Waals surface area contributed by atoms with Crippen LogP contribution in [-0.4, -0.2) is 55.9 Å². The molecule has 1 unspecified atom stereocenters. The number of sulfonamides is 1. The van der Waals surface area contributed by atoms with Crippen molar-refractivity contribution in [3.8, 4) is 0 Å². The first-order valence-corrected chi connectivity index (χ1v) is 7.24. The van der Waals surface area contributed by atoms with E-state index >= 15 is 0 Å². The minimum Gasteiger partial charge on any atom is -0.481 e. The summed E-state index contributed by atoms with van der Waals surface area (Å²) in [4.78, 5) is 10.7. The van der Waals surface area contributed by atoms with Gasteiger partial charge in [-0.1, -0.05) is 13.8 Å². The van der Waals surface area contributed by atoms with Gasteiger partial charge >= 0.3 is 5.97 Å². The normalized spacial score (nSPS) is 13.9. The Morgan fingerprint density at radius 2 is 2.00 bits per heavy atom. The Kier molecular flexibility index (Phi) is 7.33. The van der Waals surface area contributed by atoms with Crippen LogP contribution >= 0.6 is 0 Å². The first kappa shape index (κ1) is 16.3. The highest BCUT2D eigenvalue weighted by atomic mass is 32.2. The second kappa shape index (κ2) is 7.62. The monoisotopic (exact) mass is 267 g/mol. The van der Waals surface area contributed by atoms with Crippen LogP contribution in [0.5, 0.6) is 0 Å². The van der Waals surface area contributed by atoms with Gasteiger partial charge in [-0.3, -0.25) is 4.79 Å². The summed E-state index contributed by atoms with van der Waals surface area (Å²) in [5.41, 5.74) is 0. The second-order valence-corrected chi connectivity index (χ2v) is 5.79.